The lowest BCUT2D eigenvalue weighted by molar-refractivity contribution is -0.140. The minimum absolute atomic E-state index is 0.0903. The Hall–Kier alpha value is -1.26. The molecule has 0 unspecified atom stereocenters. The van der Waals surface area contributed by atoms with Crippen LogP contribution in [-0.2, 0) is 9.53 Å². The normalized spacial score (nSPS) is 35.4. The van der Waals surface area contributed by atoms with E-state index < -0.39 is 11.6 Å². The highest BCUT2D eigenvalue weighted by molar-refractivity contribution is 5.78. The Morgan fingerprint density at radius 2 is 2.00 bits per heavy atom. The molecular weight excluding hydrogens is 222 g/mol. The van der Waals surface area contributed by atoms with Crippen molar-refractivity contribution in [3.63, 3.8) is 0 Å². The fourth-order valence-electron chi connectivity index (χ4n) is 2.82. The molecule has 0 bridgehead atoms. The number of amides is 1. The molecule has 1 aliphatic carbocycles. The summed E-state index contributed by atoms with van der Waals surface area (Å²) < 4.78 is 5.27. The number of fused-ring (bicyclic) bond motifs is 1. The molecule has 2 fully saturated rings. The Bertz CT molecular complexity index is 373. The van der Waals surface area contributed by atoms with Gasteiger partial charge in [0.25, 0.3) is 0 Å². The van der Waals surface area contributed by atoms with Gasteiger partial charge in [0.2, 0.25) is 0 Å². The van der Waals surface area contributed by atoms with Crippen molar-refractivity contribution in [1.29, 1.82) is 0 Å². The van der Waals surface area contributed by atoms with Gasteiger partial charge in [0, 0.05) is 18.5 Å². The molecule has 17 heavy (non-hydrogen) atoms. The number of piperidine rings is 1. The predicted molar refractivity (Wildman–Crippen MR) is 60.5 cm³/mol. The highest BCUT2D eigenvalue weighted by atomic mass is 16.6. The number of likely N-dealkylation sites (tertiary alicyclic amines) is 1. The van der Waals surface area contributed by atoms with Crippen molar-refractivity contribution < 1.29 is 19.4 Å². The Kier molecular flexibility index (Phi) is 2.42. The molecule has 1 N–H and O–H groups in total. The predicted octanol–water partition coefficient (Wildman–Crippen LogP) is 1.57. The van der Waals surface area contributed by atoms with Crippen molar-refractivity contribution in [2.75, 3.05) is 13.1 Å². The second kappa shape index (κ2) is 3.37. The van der Waals surface area contributed by atoms with Gasteiger partial charge in [-0.1, -0.05) is 6.92 Å². The summed E-state index contributed by atoms with van der Waals surface area (Å²) in [7, 11) is 0. The maximum absolute atomic E-state index is 11.8. The third-order valence-electron chi connectivity index (χ3n) is 3.72. The molecular formula is C12H19NO4. The van der Waals surface area contributed by atoms with E-state index in [1.54, 1.807) is 4.90 Å². The first-order valence-electron chi connectivity index (χ1n) is 5.86. The molecule has 5 nitrogen and oxygen atoms in total. The van der Waals surface area contributed by atoms with Crippen LogP contribution in [0.2, 0.25) is 0 Å². The molecule has 0 aromatic rings. The zero-order chi connectivity index (χ0) is 13.0. The van der Waals surface area contributed by atoms with E-state index >= 15 is 0 Å². The van der Waals surface area contributed by atoms with Gasteiger partial charge in [0.15, 0.2) is 0 Å². The lowest BCUT2D eigenvalue weighted by Crippen LogP contribution is -2.38. The van der Waals surface area contributed by atoms with Crippen LogP contribution in [0.15, 0.2) is 0 Å². The number of aliphatic carboxylic acids is 1. The van der Waals surface area contributed by atoms with Crippen molar-refractivity contribution in [1.82, 2.24) is 4.90 Å². The van der Waals surface area contributed by atoms with Gasteiger partial charge in [-0.25, -0.2) is 4.79 Å². The molecule has 1 heterocycles. The van der Waals surface area contributed by atoms with Crippen molar-refractivity contribution in [3.8, 4) is 0 Å². The highest BCUT2D eigenvalue weighted by Gasteiger charge is 2.70. The van der Waals surface area contributed by atoms with E-state index in [1.807, 2.05) is 27.7 Å². The summed E-state index contributed by atoms with van der Waals surface area (Å²) in [5.41, 5.74) is -0.750. The van der Waals surface area contributed by atoms with Crippen LogP contribution in [0.4, 0.5) is 4.79 Å². The zero-order valence-corrected chi connectivity index (χ0v) is 10.7. The second-order valence-electron chi connectivity index (χ2n) is 6.29. The molecule has 0 radical (unpaired) electrons. The van der Waals surface area contributed by atoms with Crippen LogP contribution in [0.25, 0.3) is 0 Å². The van der Waals surface area contributed by atoms with Crippen LogP contribution in [0.5, 0.6) is 0 Å². The number of carboxylic acid groups (broad SMARTS) is 1. The third-order valence-corrected chi connectivity index (χ3v) is 3.72. The Morgan fingerprint density at radius 3 is 2.35 bits per heavy atom. The topological polar surface area (TPSA) is 66.8 Å². The minimum Gasteiger partial charge on any atom is -0.481 e. The summed E-state index contributed by atoms with van der Waals surface area (Å²) in [6, 6.07) is 0. The smallest absolute Gasteiger partial charge is 0.410 e. The first-order chi connectivity index (χ1) is 7.65. The quantitative estimate of drug-likeness (QED) is 0.756. The number of carbonyl (C=O) groups excluding carboxylic acids is 1. The second-order valence-corrected chi connectivity index (χ2v) is 6.29. The van der Waals surface area contributed by atoms with Crippen LogP contribution in [0.3, 0.4) is 0 Å². The van der Waals surface area contributed by atoms with Gasteiger partial charge in [0.1, 0.15) is 5.60 Å². The van der Waals surface area contributed by atoms with E-state index in [0.717, 1.165) is 0 Å². The molecule has 1 saturated heterocycles. The van der Waals surface area contributed by atoms with Crippen LogP contribution >= 0.6 is 0 Å². The summed E-state index contributed by atoms with van der Waals surface area (Å²) >= 11 is 0. The molecule has 1 aliphatic heterocycles. The SMILES string of the molecule is CC(C)(C)OC(=O)N1C[C@@H]2[C@@H](C(=O)O)[C@]2(C)C1. The van der Waals surface area contributed by atoms with Crippen molar-refractivity contribution in [3.05, 3.63) is 0 Å². The van der Waals surface area contributed by atoms with E-state index in [-0.39, 0.29) is 23.3 Å². The maximum Gasteiger partial charge on any atom is 0.410 e. The number of ether oxygens (including phenoxy) is 1. The van der Waals surface area contributed by atoms with Gasteiger partial charge in [-0.3, -0.25) is 4.79 Å². The summed E-state index contributed by atoms with van der Waals surface area (Å²) in [5, 5.41) is 9.00. The van der Waals surface area contributed by atoms with Gasteiger partial charge in [-0.2, -0.15) is 0 Å². The van der Waals surface area contributed by atoms with Crippen LogP contribution < -0.4 is 0 Å². The van der Waals surface area contributed by atoms with Gasteiger partial charge in [-0.15, -0.1) is 0 Å². The molecule has 3 atom stereocenters. The van der Waals surface area contributed by atoms with Gasteiger partial charge in [0.05, 0.1) is 5.92 Å². The Balaban J connectivity index is 1.94. The molecule has 0 aromatic heterocycles. The van der Waals surface area contributed by atoms with Gasteiger partial charge in [-0.05, 0) is 26.7 Å². The summed E-state index contributed by atoms with van der Waals surface area (Å²) in [4.78, 5) is 24.4. The van der Waals surface area contributed by atoms with Crippen molar-refractivity contribution in [2.24, 2.45) is 17.3 Å². The fraction of sp³-hybridized carbons (Fsp3) is 0.833. The first kappa shape index (κ1) is 12.2. The van der Waals surface area contributed by atoms with E-state index in [4.69, 9.17) is 9.84 Å². The molecule has 5 heteroatoms. The molecule has 1 amide bonds. The molecule has 0 spiro atoms. The van der Waals surface area contributed by atoms with Gasteiger partial charge < -0.3 is 14.7 Å². The number of carbonyl (C=O) groups is 2. The van der Waals surface area contributed by atoms with Crippen molar-refractivity contribution in [2.45, 2.75) is 33.3 Å². The van der Waals surface area contributed by atoms with Crippen LogP contribution in [0, 0.1) is 17.3 Å². The Labute approximate surface area is 101 Å². The third kappa shape index (κ3) is 1.98. The number of rotatable bonds is 1. The molecule has 96 valence electrons. The number of nitrogens with zero attached hydrogens (tertiary/aromatic N) is 1. The monoisotopic (exact) mass is 241 g/mol. The number of carboxylic acids is 1. The number of hydrogen-bond donors (Lipinski definition) is 1. The lowest BCUT2D eigenvalue weighted by Gasteiger charge is -2.26. The largest absolute Gasteiger partial charge is 0.481 e. The molecule has 2 aliphatic rings. The minimum atomic E-state index is -0.749. The fourth-order valence-corrected chi connectivity index (χ4v) is 2.82. The van der Waals surface area contributed by atoms with E-state index in [9.17, 15) is 9.59 Å². The van der Waals surface area contributed by atoms with Crippen LogP contribution in [0.1, 0.15) is 27.7 Å². The van der Waals surface area contributed by atoms with E-state index in [2.05, 4.69) is 0 Å². The summed E-state index contributed by atoms with van der Waals surface area (Å²) in [6.07, 6.45) is -0.338. The standard InChI is InChI=1S/C12H19NO4/c1-11(2,3)17-10(16)13-5-7-8(9(14)15)12(7,4)6-13/h7-8H,5-6H2,1-4H3,(H,14,15)/t7-,8+,12-/m1/s1. The molecule has 1 saturated carbocycles. The van der Waals surface area contributed by atoms with Crippen molar-refractivity contribution >= 4 is 12.1 Å². The summed E-state index contributed by atoms with van der Waals surface area (Å²) in [6.45, 7) is 8.39. The summed E-state index contributed by atoms with van der Waals surface area (Å²) in [5.74, 6) is -0.949. The first-order valence-corrected chi connectivity index (χ1v) is 5.86. The average molecular weight is 241 g/mol. The molecule has 0 aromatic carbocycles. The maximum atomic E-state index is 11.8. The zero-order valence-electron chi connectivity index (χ0n) is 10.7. The molecule has 2 rings (SSSR count). The average Bonchev–Trinajstić information content (AvgIpc) is 2.52. The number of hydrogen-bond acceptors (Lipinski definition) is 3. The van der Waals surface area contributed by atoms with Gasteiger partial charge >= 0.3 is 12.1 Å². The Morgan fingerprint density at radius 1 is 1.41 bits per heavy atom. The highest BCUT2D eigenvalue weighted by Crippen LogP contribution is 2.63. The van der Waals surface area contributed by atoms with Crippen LogP contribution in [-0.4, -0.2) is 40.8 Å². The van der Waals surface area contributed by atoms with E-state index in [0.29, 0.717) is 13.1 Å². The van der Waals surface area contributed by atoms with E-state index in [1.165, 1.54) is 0 Å². The lowest BCUT2D eigenvalue weighted by atomic mass is 10.1.